The number of nitrogens with one attached hydrogen (secondary N) is 2. The van der Waals surface area contributed by atoms with E-state index in [-0.39, 0.29) is 29.2 Å². The molecule has 2 N–H and O–H groups in total. The summed E-state index contributed by atoms with van der Waals surface area (Å²) in [6.45, 7) is -1.34. The first-order chi connectivity index (χ1) is 15.1. The first kappa shape index (κ1) is 22.1. The molecule has 7 nitrogen and oxygen atoms in total. The number of nitrogens with zero attached hydrogens (tertiary/aromatic N) is 2. The summed E-state index contributed by atoms with van der Waals surface area (Å²) in [4.78, 5) is 9.96. The number of aromatic nitrogens is 3. The fourth-order valence-electron chi connectivity index (χ4n) is 3.29. The smallest absolute Gasteiger partial charge is 0.431 e. The van der Waals surface area contributed by atoms with Gasteiger partial charge in [-0.2, -0.15) is 22.0 Å². The monoisotopic (exact) mass is 462 g/mol. The van der Waals surface area contributed by atoms with Crippen molar-refractivity contribution in [2.24, 2.45) is 0 Å². The predicted octanol–water partition coefficient (Wildman–Crippen LogP) is 4.29. The minimum Gasteiger partial charge on any atom is -0.490 e. The summed E-state index contributed by atoms with van der Waals surface area (Å²) in [6, 6.07) is 3.53. The number of alkyl halides is 5. The lowest BCUT2D eigenvalue weighted by atomic mass is 9.97. The van der Waals surface area contributed by atoms with Crippen LogP contribution >= 0.6 is 0 Å². The molecule has 1 aliphatic heterocycles. The van der Waals surface area contributed by atoms with E-state index >= 15 is 0 Å². The molecule has 3 heterocycles. The van der Waals surface area contributed by atoms with Crippen molar-refractivity contribution in [3.05, 3.63) is 47.7 Å². The van der Waals surface area contributed by atoms with Gasteiger partial charge in [0.15, 0.2) is 0 Å². The second kappa shape index (κ2) is 8.13. The van der Waals surface area contributed by atoms with Gasteiger partial charge in [0.25, 0.3) is 0 Å². The van der Waals surface area contributed by atoms with Gasteiger partial charge < -0.3 is 24.5 Å². The summed E-state index contributed by atoms with van der Waals surface area (Å²) in [5.74, 6) is -0.454. The van der Waals surface area contributed by atoms with E-state index in [1.807, 2.05) is 0 Å². The fraction of sp³-hybridized carbons (Fsp3) is 0.368. The minimum absolute atomic E-state index is 0.00368. The number of ether oxygens (including phenoxy) is 3. The number of hydrogen-bond acceptors (Lipinski definition) is 6. The summed E-state index contributed by atoms with van der Waals surface area (Å²) >= 11 is 0. The highest BCUT2D eigenvalue weighted by molar-refractivity contribution is 5.88. The first-order valence-corrected chi connectivity index (χ1v) is 9.21. The van der Waals surface area contributed by atoms with Crippen molar-refractivity contribution >= 4 is 16.9 Å². The molecule has 3 aromatic rings. The van der Waals surface area contributed by atoms with Crippen molar-refractivity contribution in [3.63, 3.8) is 0 Å². The summed E-state index contributed by atoms with van der Waals surface area (Å²) in [5, 5.41) is 2.94. The Labute approximate surface area is 176 Å². The number of hydrogen-bond donors (Lipinski definition) is 2. The molecule has 2 aromatic heterocycles. The lowest BCUT2D eigenvalue weighted by Crippen LogP contribution is -2.40. The van der Waals surface area contributed by atoms with Crippen LogP contribution in [0.1, 0.15) is 17.3 Å². The van der Waals surface area contributed by atoms with Gasteiger partial charge in [-0.1, -0.05) is 6.07 Å². The third-order valence-electron chi connectivity index (χ3n) is 4.87. The van der Waals surface area contributed by atoms with E-state index in [2.05, 4.69) is 25.0 Å². The van der Waals surface area contributed by atoms with Crippen molar-refractivity contribution in [1.29, 1.82) is 0 Å². The van der Waals surface area contributed by atoms with E-state index in [9.17, 15) is 26.3 Å². The van der Waals surface area contributed by atoms with Crippen LogP contribution in [0.5, 0.6) is 5.75 Å². The number of benzene rings is 1. The average molecular weight is 462 g/mol. The van der Waals surface area contributed by atoms with Gasteiger partial charge in [-0.3, -0.25) is 0 Å². The number of aromatic amines is 1. The maximum atomic E-state index is 13.6. The van der Waals surface area contributed by atoms with Crippen LogP contribution in [0.2, 0.25) is 0 Å². The van der Waals surface area contributed by atoms with Crippen LogP contribution in [0.15, 0.2) is 30.6 Å². The molecule has 172 valence electrons. The highest BCUT2D eigenvalue weighted by Gasteiger charge is 2.38. The van der Waals surface area contributed by atoms with E-state index in [4.69, 9.17) is 9.47 Å². The zero-order valence-electron chi connectivity index (χ0n) is 16.3. The molecule has 0 saturated heterocycles. The second-order valence-corrected chi connectivity index (χ2v) is 6.97. The number of rotatable bonds is 6. The number of halogens is 6. The van der Waals surface area contributed by atoms with Crippen LogP contribution in [-0.2, 0) is 15.7 Å². The number of fused-ring (bicyclic) bond motifs is 2. The Bertz CT molecular complexity index is 1120. The van der Waals surface area contributed by atoms with E-state index in [1.54, 1.807) is 0 Å². The van der Waals surface area contributed by atoms with Crippen LogP contribution in [0.25, 0.3) is 11.0 Å². The molecule has 1 aliphatic rings. The molecule has 1 aromatic carbocycles. The Hall–Kier alpha value is -3.06. The highest BCUT2D eigenvalue weighted by Crippen LogP contribution is 2.38. The molecule has 0 radical (unpaired) electrons. The molecule has 0 spiro atoms. The molecule has 32 heavy (non-hydrogen) atoms. The molecule has 0 saturated carbocycles. The standard InChI is InChI=1S/C19H16F6N4O3/c1-30-18(21,22)7-32-13-6-31-12-4-9(20)2-3-10(12)15(13)29-17-11-5-14(19(23,24)25)28-16(11)26-8-27-17/h2-5,8,13,15H,6-7H2,1H3,(H2,26,27,28,29). The topological polar surface area (TPSA) is 81.3 Å². The summed E-state index contributed by atoms with van der Waals surface area (Å²) in [6.07, 6.45) is -8.20. The molecule has 2 unspecified atom stereocenters. The third kappa shape index (κ3) is 4.43. The predicted molar refractivity (Wildman–Crippen MR) is 98.8 cm³/mol. The van der Waals surface area contributed by atoms with Crippen LogP contribution in [0.3, 0.4) is 0 Å². The molecule has 0 fully saturated rings. The van der Waals surface area contributed by atoms with Crippen molar-refractivity contribution in [2.75, 3.05) is 25.6 Å². The van der Waals surface area contributed by atoms with E-state index in [0.29, 0.717) is 5.56 Å². The van der Waals surface area contributed by atoms with E-state index in [1.165, 1.54) is 6.07 Å². The molecule has 13 heteroatoms. The normalized spacial score (nSPS) is 19.0. The molecular formula is C19H16F6N4O3. The number of H-pyrrole nitrogens is 1. The Morgan fingerprint density at radius 3 is 2.69 bits per heavy atom. The van der Waals surface area contributed by atoms with Crippen molar-refractivity contribution in [1.82, 2.24) is 15.0 Å². The summed E-state index contributed by atoms with van der Waals surface area (Å²) in [7, 11) is 0.816. The molecular weight excluding hydrogens is 446 g/mol. The van der Waals surface area contributed by atoms with Crippen molar-refractivity contribution in [2.45, 2.75) is 24.4 Å². The first-order valence-electron chi connectivity index (χ1n) is 9.21. The Morgan fingerprint density at radius 2 is 1.97 bits per heavy atom. The van der Waals surface area contributed by atoms with Gasteiger partial charge in [-0.15, -0.1) is 0 Å². The average Bonchev–Trinajstić information content (AvgIpc) is 3.19. The number of methoxy groups -OCH3 is 1. The van der Waals surface area contributed by atoms with Gasteiger partial charge in [0.05, 0.1) is 11.4 Å². The van der Waals surface area contributed by atoms with Crippen molar-refractivity contribution < 1.29 is 40.6 Å². The second-order valence-electron chi connectivity index (χ2n) is 6.97. The molecule has 0 aliphatic carbocycles. The van der Waals surface area contributed by atoms with Gasteiger partial charge in [0.1, 0.15) is 54.4 Å². The summed E-state index contributed by atoms with van der Waals surface area (Å²) in [5.41, 5.74) is -0.760. The van der Waals surface area contributed by atoms with Gasteiger partial charge in [-0.25, -0.2) is 14.4 Å². The van der Waals surface area contributed by atoms with Crippen LogP contribution in [0.4, 0.5) is 32.2 Å². The highest BCUT2D eigenvalue weighted by atomic mass is 19.4. The number of anilines is 1. The van der Waals surface area contributed by atoms with E-state index in [0.717, 1.165) is 31.6 Å². The molecule has 0 amide bonds. The SMILES string of the molecule is COC(F)(F)COC1COc2cc(F)ccc2C1Nc1ncnc2[nH]c(C(F)(F)F)cc12. The van der Waals surface area contributed by atoms with Crippen LogP contribution in [0, 0.1) is 5.82 Å². The van der Waals surface area contributed by atoms with Crippen molar-refractivity contribution in [3.8, 4) is 5.75 Å². The zero-order chi connectivity index (χ0) is 23.1. The minimum atomic E-state index is -4.64. The third-order valence-corrected chi connectivity index (χ3v) is 4.87. The lowest BCUT2D eigenvalue weighted by Gasteiger charge is -2.35. The quantitative estimate of drug-likeness (QED) is 0.533. The molecule has 0 bridgehead atoms. The zero-order valence-corrected chi connectivity index (χ0v) is 16.3. The Balaban J connectivity index is 1.70. The summed E-state index contributed by atoms with van der Waals surface area (Å²) < 4.78 is 94.8. The maximum Gasteiger partial charge on any atom is 0.431 e. The lowest BCUT2D eigenvalue weighted by molar-refractivity contribution is -0.258. The van der Waals surface area contributed by atoms with Gasteiger partial charge >= 0.3 is 12.3 Å². The fourth-order valence-corrected chi connectivity index (χ4v) is 3.29. The largest absolute Gasteiger partial charge is 0.490 e. The van der Waals surface area contributed by atoms with Gasteiger partial charge in [0.2, 0.25) is 0 Å². The van der Waals surface area contributed by atoms with Gasteiger partial charge in [0, 0.05) is 18.7 Å². The maximum absolute atomic E-state index is 13.6. The van der Waals surface area contributed by atoms with E-state index < -0.39 is 42.5 Å². The molecule has 4 rings (SSSR count). The Kier molecular flexibility index (Phi) is 5.63. The molecule has 2 atom stereocenters. The Morgan fingerprint density at radius 1 is 1.19 bits per heavy atom. The van der Waals surface area contributed by atoms with Gasteiger partial charge in [-0.05, 0) is 12.1 Å². The van der Waals surface area contributed by atoms with Crippen LogP contribution in [-0.4, -0.2) is 47.5 Å². The van der Waals surface area contributed by atoms with Crippen LogP contribution < -0.4 is 10.1 Å².